The van der Waals surface area contributed by atoms with Crippen molar-refractivity contribution in [3.8, 4) is 21.0 Å². The molecule has 0 saturated heterocycles. The number of nitrogen functional groups attached to an aromatic ring is 1. The van der Waals surface area contributed by atoms with Crippen molar-refractivity contribution in [2.75, 3.05) is 5.73 Å². The zero-order chi connectivity index (χ0) is 17.6. The van der Waals surface area contributed by atoms with Crippen LogP contribution in [0.15, 0.2) is 53.9 Å². The van der Waals surface area contributed by atoms with E-state index >= 15 is 0 Å². The van der Waals surface area contributed by atoms with Crippen molar-refractivity contribution in [1.82, 2.24) is 4.98 Å². The summed E-state index contributed by atoms with van der Waals surface area (Å²) in [6.07, 6.45) is -4.38. The molecule has 0 aliphatic carbocycles. The van der Waals surface area contributed by atoms with E-state index < -0.39 is 11.7 Å². The molecule has 0 spiro atoms. The lowest BCUT2D eigenvalue weighted by Gasteiger charge is -2.08. The van der Waals surface area contributed by atoms with Crippen molar-refractivity contribution >= 4 is 38.6 Å². The molecular weight excluding hydrogens is 365 g/mol. The Morgan fingerprint density at radius 1 is 1.00 bits per heavy atom. The van der Waals surface area contributed by atoms with Crippen LogP contribution >= 0.6 is 22.7 Å². The minimum Gasteiger partial charge on any atom is -0.397 e. The molecule has 3 aromatic heterocycles. The molecule has 2 nitrogen and oxygen atoms in total. The number of halogens is 3. The number of rotatable bonds is 2. The maximum absolute atomic E-state index is 13.0. The second-order valence-electron chi connectivity index (χ2n) is 5.45. The van der Waals surface area contributed by atoms with Gasteiger partial charge in [-0.2, -0.15) is 13.2 Å². The largest absolute Gasteiger partial charge is 0.416 e. The Kier molecular flexibility index (Phi) is 3.77. The Morgan fingerprint density at radius 3 is 2.56 bits per heavy atom. The van der Waals surface area contributed by atoms with Gasteiger partial charge in [0.1, 0.15) is 4.83 Å². The normalized spacial score (nSPS) is 12.0. The highest BCUT2D eigenvalue weighted by molar-refractivity contribution is 7.22. The first kappa shape index (κ1) is 16.1. The molecule has 7 heteroatoms. The highest BCUT2D eigenvalue weighted by Gasteiger charge is 2.30. The highest BCUT2D eigenvalue weighted by atomic mass is 32.1. The SMILES string of the molecule is Nc1c(-c2cccc(C(F)(F)F)c2)sc2nc(-c3cccs3)ccc12. The molecule has 0 saturated carbocycles. The fraction of sp³-hybridized carbons (Fsp3) is 0.0556. The monoisotopic (exact) mass is 376 g/mol. The quantitative estimate of drug-likeness (QED) is 0.446. The molecular formula is C18H11F3N2S2. The van der Waals surface area contributed by atoms with Crippen LogP contribution in [0, 0.1) is 0 Å². The number of hydrogen-bond donors (Lipinski definition) is 1. The van der Waals surface area contributed by atoms with Crippen LogP contribution in [0.3, 0.4) is 0 Å². The molecule has 1 aromatic carbocycles. The summed E-state index contributed by atoms with van der Waals surface area (Å²) in [5, 5.41) is 2.73. The molecule has 0 fully saturated rings. The molecule has 4 aromatic rings. The number of aromatic nitrogens is 1. The van der Waals surface area contributed by atoms with E-state index in [0.717, 1.165) is 32.9 Å². The van der Waals surface area contributed by atoms with Gasteiger partial charge in [0.15, 0.2) is 0 Å². The van der Waals surface area contributed by atoms with Crippen molar-refractivity contribution in [2.24, 2.45) is 0 Å². The summed E-state index contributed by atoms with van der Waals surface area (Å²) in [7, 11) is 0. The molecule has 0 atom stereocenters. The third-order valence-electron chi connectivity index (χ3n) is 3.82. The Bertz CT molecular complexity index is 1050. The Labute approximate surface area is 149 Å². The van der Waals surface area contributed by atoms with Crippen LogP contribution in [0.2, 0.25) is 0 Å². The van der Waals surface area contributed by atoms with Gasteiger partial charge in [-0.25, -0.2) is 4.98 Å². The van der Waals surface area contributed by atoms with E-state index in [1.54, 1.807) is 17.4 Å². The van der Waals surface area contributed by atoms with Crippen LogP contribution in [0.5, 0.6) is 0 Å². The predicted octanol–water partition coefficient (Wildman–Crippen LogP) is 6.29. The Balaban J connectivity index is 1.85. The van der Waals surface area contributed by atoms with Crippen molar-refractivity contribution in [3.63, 3.8) is 0 Å². The summed E-state index contributed by atoms with van der Waals surface area (Å²) >= 11 is 2.89. The zero-order valence-electron chi connectivity index (χ0n) is 12.7. The first-order chi connectivity index (χ1) is 11.9. The van der Waals surface area contributed by atoms with Crippen LogP contribution in [0.1, 0.15) is 5.56 Å². The number of hydrogen-bond acceptors (Lipinski definition) is 4. The molecule has 0 radical (unpaired) electrons. The minimum atomic E-state index is -4.38. The summed E-state index contributed by atoms with van der Waals surface area (Å²) in [5.74, 6) is 0. The third-order valence-corrected chi connectivity index (χ3v) is 5.88. The third kappa shape index (κ3) is 2.89. The van der Waals surface area contributed by atoms with Gasteiger partial charge in [0.05, 0.1) is 26.7 Å². The Hall–Kier alpha value is -2.38. The van der Waals surface area contributed by atoms with Crippen molar-refractivity contribution in [2.45, 2.75) is 6.18 Å². The van der Waals surface area contributed by atoms with E-state index in [1.807, 2.05) is 29.6 Å². The van der Waals surface area contributed by atoms with Crippen molar-refractivity contribution < 1.29 is 13.2 Å². The minimum absolute atomic E-state index is 0.452. The standard InChI is InChI=1S/C18H11F3N2S2/c19-18(20,21)11-4-1-3-10(9-11)16-15(22)12-6-7-13(23-17(12)25-16)14-5-2-8-24-14/h1-9H,22H2. The van der Waals surface area contributed by atoms with E-state index in [0.29, 0.717) is 16.1 Å². The lowest BCUT2D eigenvalue weighted by Crippen LogP contribution is -2.04. The van der Waals surface area contributed by atoms with Gasteiger partial charge in [0.25, 0.3) is 0 Å². The van der Waals surface area contributed by atoms with Crippen LogP contribution in [-0.2, 0) is 6.18 Å². The number of thiophene rings is 2. The van der Waals surface area contributed by atoms with Crippen LogP contribution < -0.4 is 5.73 Å². The van der Waals surface area contributed by atoms with Gasteiger partial charge < -0.3 is 5.73 Å². The Morgan fingerprint density at radius 2 is 1.84 bits per heavy atom. The molecule has 0 aliphatic heterocycles. The number of fused-ring (bicyclic) bond motifs is 1. The van der Waals surface area contributed by atoms with Gasteiger partial charge in [-0.3, -0.25) is 0 Å². The van der Waals surface area contributed by atoms with E-state index in [2.05, 4.69) is 4.98 Å². The van der Waals surface area contributed by atoms with Gasteiger partial charge in [0, 0.05) is 5.39 Å². The van der Waals surface area contributed by atoms with Crippen LogP contribution in [0.4, 0.5) is 18.9 Å². The summed E-state index contributed by atoms with van der Waals surface area (Å²) in [6.45, 7) is 0. The summed E-state index contributed by atoms with van der Waals surface area (Å²) in [5.41, 5.74) is 7.25. The number of benzene rings is 1. The van der Waals surface area contributed by atoms with E-state index in [9.17, 15) is 13.2 Å². The molecule has 126 valence electrons. The van der Waals surface area contributed by atoms with Gasteiger partial charge in [-0.05, 0) is 41.3 Å². The van der Waals surface area contributed by atoms with E-state index in [1.165, 1.54) is 17.4 Å². The second kappa shape index (κ2) is 5.86. The average Bonchev–Trinajstić information content (AvgIpc) is 3.22. The van der Waals surface area contributed by atoms with Gasteiger partial charge in [-0.1, -0.05) is 18.2 Å². The summed E-state index contributed by atoms with van der Waals surface area (Å²) < 4.78 is 38.9. The molecule has 25 heavy (non-hydrogen) atoms. The molecule has 0 aliphatic rings. The number of nitrogens with two attached hydrogens (primary N) is 1. The summed E-state index contributed by atoms with van der Waals surface area (Å²) in [4.78, 5) is 6.99. The lowest BCUT2D eigenvalue weighted by atomic mass is 10.1. The molecule has 0 unspecified atom stereocenters. The first-order valence-corrected chi connectivity index (χ1v) is 9.03. The van der Waals surface area contributed by atoms with Gasteiger partial charge in [0.2, 0.25) is 0 Å². The van der Waals surface area contributed by atoms with Crippen LogP contribution in [0.25, 0.3) is 31.2 Å². The fourth-order valence-electron chi connectivity index (χ4n) is 2.61. The van der Waals surface area contributed by atoms with Crippen molar-refractivity contribution in [3.05, 3.63) is 59.5 Å². The second-order valence-corrected chi connectivity index (χ2v) is 7.40. The number of anilines is 1. The number of nitrogens with zero attached hydrogens (tertiary/aromatic N) is 1. The van der Waals surface area contributed by atoms with Gasteiger partial charge >= 0.3 is 6.18 Å². The highest BCUT2D eigenvalue weighted by Crippen LogP contribution is 2.42. The molecule has 2 N–H and O–H groups in total. The average molecular weight is 376 g/mol. The maximum Gasteiger partial charge on any atom is 0.416 e. The first-order valence-electron chi connectivity index (χ1n) is 7.34. The number of alkyl halides is 3. The van der Waals surface area contributed by atoms with Crippen LogP contribution in [-0.4, -0.2) is 4.98 Å². The topological polar surface area (TPSA) is 38.9 Å². The molecule has 4 rings (SSSR count). The van der Waals surface area contributed by atoms with Crippen molar-refractivity contribution in [1.29, 1.82) is 0 Å². The zero-order valence-corrected chi connectivity index (χ0v) is 14.3. The maximum atomic E-state index is 13.0. The fourth-order valence-corrected chi connectivity index (χ4v) is 4.40. The molecule has 0 amide bonds. The smallest absolute Gasteiger partial charge is 0.397 e. The van der Waals surface area contributed by atoms with E-state index in [4.69, 9.17) is 5.73 Å². The summed E-state index contributed by atoms with van der Waals surface area (Å²) in [6, 6.07) is 12.9. The molecule has 0 bridgehead atoms. The molecule has 3 heterocycles. The lowest BCUT2D eigenvalue weighted by molar-refractivity contribution is -0.137. The predicted molar refractivity (Wildman–Crippen MR) is 97.8 cm³/mol. The number of pyridine rings is 1. The van der Waals surface area contributed by atoms with E-state index in [-0.39, 0.29) is 0 Å². The van der Waals surface area contributed by atoms with Gasteiger partial charge in [-0.15, -0.1) is 22.7 Å².